The smallest absolute Gasteiger partial charge is 0.173 e. The van der Waals surface area contributed by atoms with Crippen LogP contribution in [-0.4, -0.2) is 29.3 Å². The first kappa shape index (κ1) is 12.4. The van der Waals surface area contributed by atoms with Crippen molar-refractivity contribution in [2.45, 2.75) is 47.1 Å². The van der Waals surface area contributed by atoms with Crippen LogP contribution in [0, 0.1) is 5.92 Å². The van der Waals surface area contributed by atoms with Gasteiger partial charge in [-0.15, -0.1) is 0 Å². The van der Waals surface area contributed by atoms with E-state index in [1.54, 1.807) is 0 Å². The van der Waals surface area contributed by atoms with Crippen LogP contribution in [-0.2, 0) is 4.79 Å². The third-order valence-electron chi connectivity index (χ3n) is 3.05. The Kier molecular flexibility index (Phi) is 3.39. The van der Waals surface area contributed by atoms with E-state index in [1.807, 2.05) is 0 Å². The van der Waals surface area contributed by atoms with E-state index in [0.29, 0.717) is 18.2 Å². The van der Waals surface area contributed by atoms with Crippen LogP contribution in [0.4, 0.5) is 0 Å². The van der Waals surface area contributed by atoms with Gasteiger partial charge < -0.3 is 0 Å². The zero-order valence-corrected chi connectivity index (χ0v) is 10.8. The maximum Gasteiger partial charge on any atom is 0.173 e. The molecule has 86 valence electrons. The molecular formula is C13H23NO. The molecule has 0 N–H and O–H groups in total. The van der Waals surface area contributed by atoms with E-state index in [-0.39, 0.29) is 5.54 Å². The molecule has 0 unspecified atom stereocenters. The molecule has 1 heterocycles. The summed E-state index contributed by atoms with van der Waals surface area (Å²) >= 11 is 0. The fraction of sp³-hybridized carbons (Fsp3) is 0.769. The van der Waals surface area contributed by atoms with E-state index < -0.39 is 0 Å². The van der Waals surface area contributed by atoms with E-state index in [2.05, 4.69) is 46.4 Å². The molecular weight excluding hydrogens is 186 g/mol. The molecule has 1 rings (SSSR count). The van der Waals surface area contributed by atoms with Crippen molar-refractivity contribution >= 4 is 5.78 Å². The fourth-order valence-electron chi connectivity index (χ4n) is 2.21. The fourth-order valence-corrected chi connectivity index (χ4v) is 2.21. The summed E-state index contributed by atoms with van der Waals surface area (Å²) in [5, 5.41) is 0. The van der Waals surface area contributed by atoms with Crippen LogP contribution in [0.5, 0.6) is 0 Å². The maximum atomic E-state index is 12.0. The lowest BCUT2D eigenvalue weighted by molar-refractivity contribution is -0.119. The van der Waals surface area contributed by atoms with Crippen molar-refractivity contribution in [3.05, 3.63) is 11.1 Å². The molecule has 0 aromatic carbocycles. The summed E-state index contributed by atoms with van der Waals surface area (Å²) in [6, 6.07) is 0. The van der Waals surface area contributed by atoms with E-state index >= 15 is 0 Å². The highest BCUT2D eigenvalue weighted by atomic mass is 16.1. The average Bonchev–Trinajstić information content (AvgIpc) is 1.99. The molecule has 2 nitrogen and oxygen atoms in total. The van der Waals surface area contributed by atoms with Gasteiger partial charge in [-0.05, 0) is 39.2 Å². The summed E-state index contributed by atoms with van der Waals surface area (Å²) in [4.78, 5) is 14.3. The highest BCUT2D eigenvalue weighted by Crippen LogP contribution is 2.25. The van der Waals surface area contributed by atoms with Gasteiger partial charge in [0.1, 0.15) is 0 Å². The molecule has 1 aliphatic heterocycles. The number of hydrogen-bond acceptors (Lipinski definition) is 2. The third-order valence-corrected chi connectivity index (χ3v) is 3.05. The third kappa shape index (κ3) is 2.69. The van der Waals surface area contributed by atoms with Crippen molar-refractivity contribution in [1.29, 1.82) is 0 Å². The molecule has 0 amide bonds. The molecule has 1 aliphatic rings. The second-order valence-electron chi connectivity index (χ2n) is 5.80. The normalized spacial score (nSPS) is 20.3. The summed E-state index contributed by atoms with van der Waals surface area (Å²) in [7, 11) is 0. The highest BCUT2D eigenvalue weighted by Gasteiger charge is 2.31. The van der Waals surface area contributed by atoms with Gasteiger partial charge in [-0.1, -0.05) is 19.4 Å². The minimum Gasteiger partial charge on any atom is -0.293 e. The number of carbonyl (C=O) groups is 1. The summed E-state index contributed by atoms with van der Waals surface area (Å²) in [5.41, 5.74) is 2.38. The lowest BCUT2D eigenvalue weighted by atomic mass is 9.89. The van der Waals surface area contributed by atoms with Crippen LogP contribution in [0.3, 0.4) is 0 Å². The van der Waals surface area contributed by atoms with Gasteiger partial charge in [0.05, 0.1) is 6.54 Å². The molecule has 0 saturated heterocycles. The molecule has 2 heteroatoms. The Morgan fingerprint density at radius 3 is 2.07 bits per heavy atom. The number of rotatable bonds is 1. The molecule has 15 heavy (non-hydrogen) atoms. The SMILES string of the molecule is CC1=C(C(C)C)C(=O)CN(C(C)(C)C)C1. The van der Waals surface area contributed by atoms with Crippen molar-refractivity contribution < 1.29 is 4.79 Å². The number of ketones is 1. The Balaban J connectivity index is 2.95. The second-order valence-corrected chi connectivity index (χ2v) is 5.80. The first-order chi connectivity index (χ1) is 6.73. The van der Waals surface area contributed by atoms with Gasteiger partial charge >= 0.3 is 0 Å². The highest BCUT2D eigenvalue weighted by molar-refractivity contribution is 5.98. The van der Waals surface area contributed by atoms with Crippen molar-refractivity contribution in [2.24, 2.45) is 5.92 Å². The monoisotopic (exact) mass is 209 g/mol. The first-order valence-corrected chi connectivity index (χ1v) is 5.71. The number of carbonyl (C=O) groups excluding carboxylic acids is 1. The Morgan fingerprint density at radius 2 is 1.73 bits per heavy atom. The van der Waals surface area contributed by atoms with Gasteiger partial charge in [0.2, 0.25) is 0 Å². The van der Waals surface area contributed by atoms with Crippen molar-refractivity contribution in [3.63, 3.8) is 0 Å². The standard InChI is InChI=1S/C13H23NO/c1-9(2)12-10(3)7-14(8-11(12)15)13(4,5)6/h9H,7-8H2,1-6H3. The van der Waals surface area contributed by atoms with Gasteiger partial charge in [-0.3, -0.25) is 9.69 Å². The van der Waals surface area contributed by atoms with Gasteiger partial charge in [-0.2, -0.15) is 0 Å². The van der Waals surface area contributed by atoms with Gasteiger partial charge in [0.15, 0.2) is 5.78 Å². The molecule has 0 aromatic heterocycles. The Morgan fingerprint density at radius 1 is 1.20 bits per heavy atom. The van der Waals surface area contributed by atoms with Crippen molar-refractivity contribution in [1.82, 2.24) is 4.90 Å². The van der Waals surface area contributed by atoms with Crippen LogP contribution in [0.2, 0.25) is 0 Å². The average molecular weight is 209 g/mol. The van der Waals surface area contributed by atoms with E-state index in [0.717, 1.165) is 12.1 Å². The van der Waals surface area contributed by atoms with Gasteiger partial charge in [0.25, 0.3) is 0 Å². The number of Topliss-reactive ketones (excluding diaryl/α,β-unsaturated/α-hetero) is 1. The second kappa shape index (κ2) is 4.09. The molecule has 0 bridgehead atoms. The maximum absolute atomic E-state index is 12.0. The molecule has 0 fully saturated rings. The predicted molar refractivity (Wildman–Crippen MR) is 63.9 cm³/mol. The molecule has 0 spiro atoms. The van der Waals surface area contributed by atoms with Crippen LogP contribution in [0.1, 0.15) is 41.5 Å². The lowest BCUT2D eigenvalue weighted by Gasteiger charge is -2.39. The van der Waals surface area contributed by atoms with Crippen LogP contribution in [0.15, 0.2) is 11.1 Å². The molecule has 0 aromatic rings. The predicted octanol–water partition coefficient (Wildman–Crippen LogP) is 2.64. The van der Waals surface area contributed by atoms with Crippen molar-refractivity contribution in [3.8, 4) is 0 Å². The van der Waals surface area contributed by atoms with Gasteiger partial charge in [-0.25, -0.2) is 0 Å². The molecule has 0 atom stereocenters. The summed E-state index contributed by atoms with van der Waals surface area (Å²) in [6.07, 6.45) is 0. The molecule has 0 radical (unpaired) electrons. The molecule has 0 aliphatic carbocycles. The summed E-state index contributed by atoms with van der Waals surface area (Å²) in [6.45, 7) is 14.3. The van der Waals surface area contributed by atoms with Crippen LogP contribution >= 0.6 is 0 Å². The van der Waals surface area contributed by atoms with E-state index in [4.69, 9.17) is 0 Å². The molecule has 0 saturated carbocycles. The first-order valence-electron chi connectivity index (χ1n) is 5.71. The minimum atomic E-state index is 0.0828. The van der Waals surface area contributed by atoms with Crippen LogP contribution in [0.25, 0.3) is 0 Å². The van der Waals surface area contributed by atoms with Crippen molar-refractivity contribution in [2.75, 3.05) is 13.1 Å². The Labute approximate surface area is 93.3 Å². The Hall–Kier alpha value is -0.630. The van der Waals surface area contributed by atoms with Crippen LogP contribution < -0.4 is 0 Å². The van der Waals surface area contributed by atoms with E-state index in [9.17, 15) is 4.79 Å². The minimum absolute atomic E-state index is 0.0828. The quantitative estimate of drug-likeness (QED) is 0.661. The zero-order valence-electron chi connectivity index (χ0n) is 10.8. The summed E-state index contributed by atoms with van der Waals surface area (Å²) < 4.78 is 0. The van der Waals surface area contributed by atoms with Gasteiger partial charge in [0, 0.05) is 12.1 Å². The largest absolute Gasteiger partial charge is 0.293 e. The summed E-state index contributed by atoms with van der Waals surface area (Å²) in [5.74, 6) is 0.670. The lowest BCUT2D eigenvalue weighted by Crippen LogP contribution is -2.48. The number of nitrogens with zero attached hydrogens (tertiary/aromatic N) is 1. The van der Waals surface area contributed by atoms with E-state index in [1.165, 1.54) is 5.57 Å². The zero-order chi connectivity index (χ0) is 11.8. The topological polar surface area (TPSA) is 20.3 Å². The Bertz CT molecular complexity index is 294. The number of hydrogen-bond donors (Lipinski definition) is 0.